The van der Waals surface area contributed by atoms with Crippen LogP contribution in [0.25, 0.3) is 0 Å². The molecular formula is C15H15BrClN. The smallest absolute Gasteiger partial charge is 0.0474 e. The molecule has 18 heavy (non-hydrogen) atoms. The Balaban J connectivity index is 2.11. The van der Waals surface area contributed by atoms with Gasteiger partial charge in [0.2, 0.25) is 0 Å². The van der Waals surface area contributed by atoms with Crippen molar-refractivity contribution in [3.8, 4) is 0 Å². The lowest BCUT2D eigenvalue weighted by molar-refractivity contribution is 0.918. The molecule has 94 valence electrons. The van der Waals surface area contributed by atoms with E-state index < -0.39 is 0 Å². The maximum Gasteiger partial charge on any atom is 0.0474 e. The minimum atomic E-state index is 0.564. The number of nitrogens with zero attached hydrogens (tertiary/aromatic N) is 1. The van der Waals surface area contributed by atoms with Crippen LogP contribution in [0.1, 0.15) is 11.1 Å². The van der Waals surface area contributed by atoms with E-state index in [-0.39, 0.29) is 0 Å². The van der Waals surface area contributed by atoms with E-state index in [0.717, 1.165) is 16.6 Å². The van der Waals surface area contributed by atoms with Crippen molar-refractivity contribution in [1.82, 2.24) is 0 Å². The van der Waals surface area contributed by atoms with Crippen LogP contribution in [0.4, 0.5) is 5.69 Å². The number of alkyl halides is 1. The lowest BCUT2D eigenvalue weighted by Crippen LogP contribution is -2.16. The van der Waals surface area contributed by atoms with Crippen molar-refractivity contribution >= 4 is 33.2 Å². The number of benzene rings is 2. The molecule has 2 aromatic rings. The molecule has 0 bridgehead atoms. The molecule has 0 spiro atoms. The molecular weight excluding hydrogens is 310 g/mol. The fourth-order valence-corrected chi connectivity index (χ4v) is 2.40. The molecule has 0 saturated heterocycles. The molecule has 0 unspecified atom stereocenters. The van der Waals surface area contributed by atoms with Gasteiger partial charge in [0.05, 0.1) is 0 Å². The third-order valence-electron chi connectivity index (χ3n) is 2.90. The van der Waals surface area contributed by atoms with Crippen LogP contribution in [0.3, 0.4) is 0 Å². The monoisotopic (exact) mass is 323 g/mol. The highest BCUT2D eigenvalue weighted by molar-refractivity contribution is 9.10. The molecule has 0 heterocycles. The van der Waals surface area contributed by atoms with Gasteiger partial charge < -0.3 is 4.90 Å². The van der Waals surface area contributed by atoms with E-state index in [1.807, 2.05) is 6.07 Å². The fraction of sp³-hybridized carbons (Fsp3) is 0.200. The fourth-order valence-electron chi connectivity index (χ4n) is 1.81. The Hall–Kier alpha value is -0.990. The van der Waals surface area contributed by atoms with Crippen LogP contribution >= 0.6 is 27.5 Å². The first-order valence-corrected chi connectivity index (χ1v) is 7.13. The van der Waals surface area contributed by atoms with Crippen LogP contribution in [0, 0.1) is 0 Å². The predicted molar refractivity (Wildman–Crippen MR) is 82.2 cm³/mol. The Morgan fingerprint density at radius 1 is 1.06 bits per heavy atom. The maximum absolute atomic E-state index is 5.79. The molecule has 1 nitrogen and oxygen atoms in total. The minimum absolute atomic E-state index is 0.564. The number of hydrogen-bond acceptors (Lipinski definition) is 1. The van der Waals surface area contributed by atoms with Crippen molar-refractivity contribution in [3.05, 3.63) is 64.1 Å². The van der Waals surface area contributed by atoms with Gasteiger partial charge in [-0.3, -0.25) is 0 Å². The maximum atomic E-state index is 5.79. The standard InChI is InChI=1S/C15H15BrClN/c1-18(11-13-4-2-3-5-15(13)16)14-8-6-12(10-17)7-9-14/h2-9H,10-11H2,1H3. The van der Waals surface area contributed by atoms with Crippen molar-refractivity contribution < 1.29 is 0 Å². The van der Waals surface area contributed by atoms with Crippen LogP contribution in [0.15, 0.2) is 53.0 Å². The SMILES string of the molecule is CN(Cc1ccccc1Br)c1ccc(CCl)cc1. The summed E-state index contributed by atoms with van der Waals surface area (Å²) in [6.07, 6.45) is 0. The summed E-state index contributed by atoms with van der Waals surface area (Å²) in [5.74, 6) is 0.564. The Morgan fingerprint density at radius 3 is 2.33 bits per heavy atom. The molecule has 0 aromatic heterocycles. The quantitative estimate of drug-likeness (QED) is 0.729. The van der Waals surface area contributed by atoms with Crippen molar-refractivity contribution in [3.63, 3.8) is 0 Å². The zero-order chi connectivity index (χ0) is 13.0. The average Bonchev–Trinajstić information content (AvgIpc) is 2.41. The number of rotatable bonds is 4. The molecule has 0 amide bonds. The van der Waals surface area contributed by atoms with Crippen LogP contribution in [0.5, 0.6) is 0 Å². The molecule has 2 rings (SSSR count). The van der Waals surface area contributed by atoms with Gasteiger partial charge in [-0.05, 0) is 29.3 Å². The second-order valence-corrected chi connectivity index (χ2v) is 5.37. The van der Waals surface area contributed by atoms with Gasteiger partial charge in [0.25, 0.3) is 0 Å². The van der Waals surface area contributed by atoms with Crippen molar-refractivity contribution in [2.24, 2.45) is 0 Å². The Morgan fingerprint density at radius 2 is 1.72 bits per heavy atom. The number of hydrogen-bond donors (Lipinski definition) is 0. The lowest BCUT2D eigenvalue weighted by Gasteiger charge is -2.20. The van der Waals surface area contributed by atoms with Gasteiger partial charge in [-0.2, -0.15) is 0 Å². The summed E-state index contributed by atoms with van der Waals surface area (Å²) in [6.45, 7) is 0.877. The van der Waals surface area contributed by atoms with E-state index in [1.165, 1.54) is 11.3 Å². The highest BCUT2D eigenvalue weighted by Gasteiger charge is 2.04. The van der Waals surface area contributed by atoms with E-state index in [4.69, 9.17) is 11.6 Å². The van der Waals surface area contributed by atoms with Crippen LogP contribution < -0.4 is 4.90 Å². The summed E-state index contributed by atoms with van der Waals surface area (Å²) in [7, 11) is 2.09. The summed E-state index contributed by atoms with van der Waals surface area (Å²) < 4.78 is 1.15. The topological polar surface area (TPSA) is 3.24 Å². The summed E-state index contributed by atoms with van der Waals surface area (Å²) in [6, 6.07) is 16.6. The van der Waals surface area contributed by atoms with E-state index in [1.54, 1.807) is 0 Å². The van der Waals surface area contributed by atoms with Gasteiger partial charge in [0.1, 0.15) is 0 Å². The van der Waals surface area contributed by atoms with Gasteiger partial charge >= 0.3 is 0 Å². The van der Waals surface area contributed by atoms with Crippen LogP contribution in [-0.4, -0.2) is 7.05 Å². The van der Waals surface area contributed by atoms with Crippen LogP contribution in [-0.2, 0) is 12.4 Å². The average molecular weight is 325 g/mol. The largest absolute Gasteiger partial charge is 0.370 e. The first-order chi connectivity index (χ1) is 8.70. The molecule has 0 aliphatic carbocycles. The zero-order valence-corrected chi connectivity index (χ0v) is 12.6. The Labute approximate surface area is 122 Å². The predicted octanol–water partition coefficient (Wildman–Crippen LogP) is 4.82. The molecule has 3 heteroatoms. The molecule has 0 radical (unpaired) electrons. The van der Waals surface area contributed by atoms with Gasteiger partial charge in [0.15, 0.2) is 0 Å². The Kier molecular flexibility index (Phi) is 4.67. The minimum Gasteiger partial charge on any atom is -0.370 e. The van der Waals surface area contributed by atoms with E-state index in [2.05, 4.69) is 70.3 Å². The van der Waals surface area contributed by atoms with Crippen molar-refractivity contribution in [2.75, 3.05) is 11.9 Å². The molecule has 0 saturated carbocycles. The molecule has 0 aliphatic rings. The molecule has 0 N–H and O–H groups in total. The summed E-state index contributed by atoms with van der Waals surface area (Å²) >= 11 is 9.37. The van der Waals surface area contributed by atoms with Gasteiger partial charge in [-0.15, -0.1) is 11.6 Å². The normalized spacial score (nSPS) is 10.4. The molecule has 0 fully saturated rings. The third kappa shape index (κ3) is 3.27. The number of anilines is 1. The van der Waals surface area contributed by atoms with E-state index in [9.17, 15) is 0 Å². The summed E-state index contributed by atoms with van der Waals surface area (Å²) in [5, 5.41) is 0. The second-order valence-electron chi connectivity index (χ2n) is 4.25. The highest BCUT2D eigenvalue weighted by atomic mass is 79.9. The molecule has 2 aromatic carbocycles. The Bertz CT molecular complexity index is 510. The van der Waals surface area contributed by atoms with Crippen molar-refractivity contribution in [2.45, 2.75) is 12.4 Å². The van der Waals surface area contributed by atoms with Gasteiger partial charge in [-0.1, -0.05) is 46.3 Å². The first kappa shape index (κ1) is 13.4. The second kappa shape index (κ2) is 6.26. The van der Waals surface area contributed by atoms with Gasteiger partial charge in [-0.25, -0.2) is 0 Å². The van der Waals surface area contributed by atoms with E-state index in [0.29, 0.717) is 5.88 Å². The number of halogens is 2. The van der Waals surface area contributed by atoms with Crippen molar-refractivity contribution in [1.29, 1.82) is 0 Å². The molecule has 0 aliphatic heterocycles. The zero-order valence-electron chi connectivity index (χ0n) is 10.2. The third-order valence-corrected chi connectivity index (χ3v) is 3.98. The first-order valence-electron chi connectivity index (χ1n) is 5.80. The van der Waals surface area contributed by atoms with Gasteiger partial charge in [0, 0.05) is 29.6 Å². The lowest BCUT2D eigenvalue weighted by atomic mass is 10.2. The van der Waals surface area contributed by atoms with E-state index >= 15 is 0 Å². The molecule has 0 atom stereocenters. The van der Waals surface area contributed by atoms with Crippen LogP contribution in [0.2, 0.25) is 0 Å². The highest BCUT2D eigenvalue weighted by Crippen LogP contribution is 2.21. The summed E-state index contributed by atoms with van der Waals surface area (Å²) in [5.41, 5.74) is 3.62. The summed E-state index contributed by atoms with van der Waals surface area (Å²) in [4.78, 5) is 2.22.